The summed E-state index contributed by atoms with van der Waals surface area (Å²) < 4.78 is 0. The molecule has 0 aliphatic carbocycles. The Morgan fingerprint density at radius 3 is 2.88 bits per heavy atom. The lowest BCUT2D eigenvalue weighted by molar-refractivity contribution is 1.12. The van der Waals surface area contributed by atoms with Gasteiger partial charge >= 0.3 is 0 Å². The van der Waals surface area contributed by atoms with Gasteiger partial charge in [0.05, 0.1) is 28.5 Å². The number of halogens is 1. The molecule has 1 heterocycles. The van der Waals surface area contributed by atoms with E-state index < -0.39 is 0 Å². The summed E-state index contributed by atoms with van der Waals surface area (Å²) in [6.07, 6.45) is 0. The third-order valence-corrected chi connectivity index (χ3v) is 3.67. The van der Waals surface area contributed by atoms with Gasteiger partial charge < -0.3 is 5.32 Å². The van der Waals surface area contributed by atoms with Crippen LogP contribution in [0.5, 0.6) is 0 Å². The fourth-order valence-corrected chi connectivity index (χ4v) is 2.35. The number of nitrogens with zero attached hydrogens (tertiary/aromatic N) is 1. The highest BCUT2D eigenvalue weighted by molar-refractivity contribution is 7.09. The SMILES string of the molecule is Cc1ccc(Cl)c(NCc2scnc2C)c1. The van der Waals surface area contributed by atoms with Crippen LogP contribution in [-0.4, -0.2) is 4.98 Å². The van der Waals surface area contributed by atoms with E-state index >= 15 is 0 Å². The lowest BCUT2D eigenvalue weighted by atomic mass is 10.2. The molecule has 0 fully saturated rings. The highest BCUT2D eigenvalue weighted by Crippen LogP contribution is 2.24. The summed E-state index contributed by atoms with van der Waals surface area (Å²) in [6, 6.07) is 5.98. The molecule has 0 aliphatic rings. The van der Waals surface area contributed by atoms with Crippen LogP contribution in [-0.2, 0) is 6.54 Å². The molecule has 0 spiro atoms. The topological polar surface area (TPSA) is 24.9 Å². The normalized spacial score (nSPS) is 10.4. The highest BCUT2D eigenvalue weighted by atomic mass is 35.5. The van der Waals surface area contributed by atoms with Crippen molar-refractivity contribution >= 4 is 28.6 Å². The third kappa shape index (κ3) is 2.54. The van der Waals surface area contributed by atoms with Crippen molar-refractivity contribution in [2.75, 3.05) is 5.32 Å². The number of anilines is 1. The maximum atomic E-state index is 6.10. The van der Waals surface area contributed by atoms with Gasteiger partial charge in [-0.2, -0.15) is 0 Å². The number of aromatic nitrogens is 1. The van der Waals surface area contributed by atoms with Gasteiger partial charge in [-0.25, -0.2) is 4.98 Å². The first-order valence-electron chi connectivity index (χ1n) is 5.06. The second-order valence-corrected chi connectivity index (χ2v) is 5.04. The van der Waals surface area contributed by atoms with Gasteiger partial charge in [-0.3, -0.25) is 0 Å². The van der Waals surface area contributed by atoms with Gasteiger partial charge in [-0.1, -0.05) is 17.7 Å². The Morgan fingerprint density at radius 1 is 1.38 bits per heavy atom. The van der Waals surface area contributed by atoms with E-state index in [1.54, 1.807) is 11.3 Å². The molecule has 0 unspecified atom stereocenters. The molecular weight excluding hydrogens is 240 g/mol. The number of rotatable bonds is 3. The Bertz CT molecular complexity index is 494. The van der Waals surface area contributed by atoms with Crippen molar-refractivity contribution in [2.24, 2.45) is 0 Å². The molecule has 1 aromatic carbocycles. The van der Waals surface area contributed by atoms with Crippen molar-refractivity contribution in [1.82, 2.24) is 4.98 Å². The van der Waals surface area contributed by atoms with Crippen LogP contribution in [0.2, 0.25) is 5.02 Å². The number of hydrogen-bond acceptors (Lipinski definition) is 3. The third-order valence-electron chi connectivity index (χ3n) is 2.41. The fourth-order valence-electron chi connectivity index (χ4n) is 1.45. The minimum atomic E-state index is 0.757. The zero-order valence-corrected chi connectivity index (χ0v) is 10.8. The van der Waals surface area contributed by atoms with Gasteiger partial charge in [0.1, 0.15) is 0 Å². The van der Waals surface area contributed by atoms with Crippen LogP contribution in [0.1, 0.15) is 16.1 Å². The van der Waals surface area contributed by atoms with E-state index in [-0.39, 0.29) is 0 Å². The maximum absolute atomic E-state index is 6.10. The van der Waals surface area contributed by atoms with Gasteiger partial charge in [0.2, 0.25) is 0 Å². The number of nitrogens with one attached hydrogen (secondary N) is 1. The largest absolute Gasteiger partial charge is 0.379 e. The maximum Gasteiger partial charge on any atom is 0.0798 e. The number of thiazole rings is 1. The van der Waals surface area contributed by atoms with E-state index in [1.165, 1.54) is 10.4 Å². The molecule has 0 saturated heterocycles. The Labute approximate surface area is 104 Å². The summed E-state index contributed by atoms with van der Waals surface area (Å²) in [5.74, 6) is 0. The van der Waals surface area contributed by atoms with E-state index in [1.807, 2.05) is 24.6 Å². The van der Waals surface area contributed by atoms with Gasteiger partial charge in [0.25, 0.3) is 0 Å². The van der Waals surface area contributed by atoms with Gasteiger partial charge in [-0.05, 0) is 31.5 Å². The molecule has 0 aliphatic heterocycles. The number of aryl methyl sites for hydroxylation is 2. The summed E-state index contributed by atoms with van der Waals surface area (Å²) >= 11 is 7.76. The van der Waals surface area contributed by atoms with E-state index in [0.29, 0.717) is 0 Å². The lowest BCUT2D eigenvalue weighted by Crippen LogP contribution is -1.99. The average molecular weight is 253 g/mol. The van der Waals surface area contributed by atoms with E-state index in [9.17, 15) is 0 Å². The molecule has 1 N–H and O–H groups in total. The van der Waals surface area contributed by atoms with Gasteiger partial charge in [0.15, 0.2) is 0 Å². The van der Waals surface area contributed by atoms with Crippen molar-refractivity contribution < 1.29 is 0 Å². The van der Waals surface area contributed by atoms with E-state index in [0.717, 1.165) is 22.9 Å². The molecule has 4 heteroatoms. The lowest BCUT2D eigenvalue weighted by Gasteiger charge is -2.08. The zero-order valence-electron chi connectivity index (χ0n) is 9.25. The number of hydrogen-bond donors (Lipinski definition) is 1. The van der Waals surface area contributed by atoms with Crippen LogP contribution in [0.25, 0.3) is 0 Å². The molecule has 0 saturated carbocycles. The second kappa shape index (κ2) is 4.85. The Kier molecular flexibility index (Phi) is 3.46. The molecule has 84 valence electrons. The van der Waals surface area contributed by atoms with Gasteiger partial charge in [0, 0.05) is 4.88 Å². The van der Waals surface area contributed by atoms with Crippen LogP contribution < -0.4 is 5.32 Å². The van der Waals surface area contributed by atoms with Crippen LogP contribution in [0.15, 0.2) is 23.7 Å². The van der Waals surface area contributed by atoms with Crippen molar-refractivity contribution in [3.63, 3.8) is 0 Å². The van der Waals surface area contributed by atoms with Crippen LogP contribution in [0.3, 0.4) is 0 Å². The Balaban J connectivity index is 2.10. The molecule has 2 rings (SSSR count). The minimum absolute atomic E-state index is 0.757. The summed E-state index contributed by atoms with van der Waals surface area (Å²) in [6.45, 7) is 4.85. The predicted molar refractivity (Wildman–Crippen MR) is 70.4 cm³/mol. The smallest absolute Gasteiger partial charge is 0.0798 e. The first-order chi connectivity index (χ1) is 7.66. The average Bonchev–Trinajstić information content (AvgIpc) is 2.66. The van der Waals surface area contributed by atoms with Crippen LogP contribution in [0.4, 0.5) is 5.69 Å². The van der Waals surface area contributed by atoms with E-state index in [4.69, 9.17) is 11.6 Å². The molecule has 16 heavy (non-hydrogen) atoms. The highest BCUT2D eigenvalue weighted by Gasteiger charge is 2.03. The molecule has 0 bridgehead atoms. The number of benzene rings is 1. The standard InChI is InChI=1S/C12H13ClN2S/c1-8-3-4-10(13)11(5-8)14-6-12-9(2)15-7-16-12/h3-5,7,14H,6H2,1-2H3. The van der Waals surface area contributed by atoms with E-state index in [2.05, 4.69) is 23.3 Å². The zero-order chi connectivity index (χ0) is 11.5. The molecule has 1 aromatic heterocycles. The molecule has 2 nitrogen and oxygen atoms in total. The summed E-state index contributed by atoms with van der Waals surface area (Å²) in [7, 11) is 0. The molecule has 0 atom stereocenters. The monoisotopic (exact) mass is 252 g/mol. The second-order valence-electron chi connectivity index (χ2n) is 3.70. The summed E-state index contributed by atoms with van der Waals surface area (Å²) in [4.78, 5) is 5.46. The fraction of sp³-hybridized carbons (Fsp3) is 0.250. The van der Waals surface area contributed by atoms with Crippen molar-refractivity contribution in [2.45, 2.75) is 20.4 Å². The first kappa shape index (κ1) is 11.4. The predicted octanol–water partition coefficient (Wildman–Crippen LogP) is 4.03. The Hall–Kier alpha value is -1.06. The van der Waals surface area contributed by atoms with Crippen LogP contribution >= 0.6 is 22.9 Å². The van der Waals surface area contributed by atoms with Crippen molar-refractivity contribution in [1.29, 1.82) is 0 Å². The first-order valence-corrected chi connectivity index (χ1v) is 6.31. The molecule has 2 aromatic rings. The van der Waals surface area contributed by atoms with Crippen molar-refractivity contribution in [3.05, 3.63) is 44.9 Å². The summed E-state index contributed by atoms with van der Waals surface area (Å²) in [5.41, 5.74) is 5.13. The molecule has 0 radical (unpaired) electrons. The molecule has 0 amide bonds. The van der Waals surface area contributed by atoms with Crippen molar-refractivity contribution in [3.8, 4) is 0 Å². The minimum Gasteiger partial charge on any atom is -0.379 e. The molecular formula is C12H13ClN2S. The summed E-state index contributed by atoms with van der Waals surface area (Å²) in [5, 5.41) is 4.09. The van der Waals surface area contributed by atoms with Gasteiger partial charge in [-0.15, -0.1) is 11.3 Å². The quantitative estimate of drug-likeness (QED) is 0.892. The Morgan fingerprint density at radius 2 is 2.19 bits per heavy atom. The van der Waals surface area contributed by atoms with Crippen LogP contribution in [0, 0.1) is 13.8 Å².